The van der Waals surface area contributed by atoms with Crippen molar-refractivity contribution in [2.75, 3.05) is 6.54 Å². The molecule has 1 aromatic carbocycles. The molecular weight excluding hydrogens is 216 g/mol. The van der Waals surface area contributed by atoms with E-state index in [-0.39, 0.29) is 5.91 Å². The number of aryl methyl sites for hydroxylation is 1. The highest BCUT2D eigenvalue weighted by atomic mass is 16.3. The summed E-state index contributed by atoms with van der Waals surface area (Å²) in [6.07, 6.45) is 2.29. The fraction of sp³-hybridized carbons (Fsp3) is 0.231. The number of hydrogen-bond acceptors (Lipinski definition) is 3. The Bertz CT molecular complexity index is 491. The molecule has 2 rings (SSSR count). The maximum absolute atomic E-state index is 11.7. The maximum Gasteiger partial charge on any atom is 0.251 e. The summed E-state index contributed by atoms with van der Waals surface area (Å²) in [5.41, 5.74) is 1.53. The molecule has 17 heavy (non-hydrogen) atoms. The van der Waals surface area contributed by atoms with Crippen LogP contribution >= 0.6 is 0 Å². The quantitative estimate of drug-likeness (QED) is 0.873. The van der Waals surface area contributed by atoms with Gasteiger partial charge in [-0.25, -0.2) is 4.98 Å². The minimum atomic E-state index is -0.0641. The summed E-state index contributed by atoms with van der Waals surface area (Å²) in [7, 11) is 0. The van der Waals surface area contributed by atoms with Gasteiger partial charge in [0.05, 0.1) is 5.69 Å². The Hall–Kier alpha value is -2.10. The average molecular weight is 230 g/mol. The van der Waals surface area contributed by atoms with Crippen molar-refractivity contribution in [3.63, 3.8) is 0 Å². The smallest absolute Gasteiger partial charge is 0.251 e. The van der Waals surface area contributed by atoms with Crippen LogP contribution in [0.25, 0.3) is 0 Å². The highest BCUT2D eigenvalue weighted by Gasteiger charge is 2.04. The zero-order chi connectivity index (χ0) is 12.1. The van der Waals surface area contributed by atoms with Crippen molar-refractivity contribution in [2.24, 2.45) is 0 Å². The number of carbonyl (C=O) groups excluding carboxylic acids is 1. The molecule has 1 amide bonds. The van der Waals surface area contributed by atoms with Gasteiger partial charge < -0.3 is 9.73 Å². The van der Waals surface area contributed by atoms with Crippen LogP contribution in [0.4, 0.5) is 0 Å². The second-order valence-electron chi connectivity index (χ2n) is 3.73. The molecule has 0 aliphatic heterocycles. The van der Waals surface area contributed by atoms with E-state index in [9.17, 15) is 4.79 Å². The van der Waals surface area contributed by atoms with Crippen LogP contribution in [0.3, 0.4) is 0 Å². The summed E-state index contributed by atoms with van der Waals surface area (Å²) in [5.74, 6) is 0.584. The number of hydrogen-bond donors (Lipinski definition) is 1. The van der Waals surface area contributed by atoms with E-state index in [1.165, 1.54) is 0 Å². The molecule has 4 heteroatoms. The molecule has 0 saturated heterocycles. The predicted molar refractivity (Wildman–Crippen MR) is 63.7 cm³/mol. The van der Waals surface area contributed by atoms with Crippen molar-refractivity contribution in [1.29, 1.82) is 0 Å². The van der Waals surface area contributed by atoms with Gasteiger partial charge in [0.2, 0.25) is 0 Å². The van der Waals surface area contributed by atoms with Gasteiger partial charge >= 0.3 is 0 Å². The largest absolute Gasteiger partial charge is 0.449 e. The van der Waals surface area contributed by atoms with E-state index in [0.717, 1.165) is 5.69 Å². The Balaban J connectivity index is 1.81. The van der Waals surface area contributed by atoms with Crippen molar-refractivity contribution >= 4 is 5.91 Å². The first kappa shape index (κ1) is 11.4. The van der Waals surface area contributed by atoms with Crippen molar-refractivity contribution < 1.29 is 9.21 Å². The van der Waals surface area contributed by atoms with E-state index in [1.54, 1.807) is 25.3 Å². The highest BCUT2D eigenvalue weighted by molar-refractivity contribution is 5.94. The molecule has 1 N–H and O–H groups in total. The van der Waals surface area contributed by atoms with Gasteiger partial charge in [-0.2, -0.15) is 0 Å². The summed E-state index contributed by atoms with van der Waals surface area (Å²) < 4.78 is 5.08. The lowest BCUT2D eigenvalue weighted by Gasteiger charge is -2.03. The monoisotopic (exact) mass is 230 g/mol. The molecule has 88 valence electrons. The van der Waals surface area contributed by atoms with E-state index >= 15 is 0 Å². The van der Waals surface area contributed by atoms with Gasteiger partial charge in [0.1, 0.15) is 6.26 Å². The minimum absolute atomic E-state index is 0.0641. The molecule has 1 aromatic heterocycles. The number of nitrogens with zero attached hydrogens (tertiary/aromatic N) is 1. The molecule has 1 heterocycles. The second kappa shape index (κ2) is 5.30. The Morgan fingerprint density at radius 3 is 2.76 bits per heavy atom. The van der Waals surface area contributed by atoms with Gasteiger partial charge in [0.15, 0.2) is 5.89 Å². The Kier molecular flexibility index (Phi) is 3.55. The van der Waals surface area contributed by atoms with Crippen LogP contribution in [0, 0.1) is 6.92 Å². The third-order valence-electron chi connectivity index (χ3n) is 2.37. The van der Waals surface area contributed by atoms with Gasteiger partial charge in [0.25, 0.3) is 5.91 Å². The third-order valence-corrected chi connectivity index (χ3v) is 2.37. The SMILES string of the molecule is Cc1nc(CCNC(=O)c2ccccc2)co1. The number of carbonyl (C=O) groups is 1. The van der Waals surface area contributed by atoms with Crippen molar-refractivity contribution in [3.05, 3.63) is 53.7 Å². The van der Waals surface area contributed by atoms with Crippen molar-refractivity contribution in [2.45, 2.75) is 13.3 Å². The highest BCUT2D eigenvalue weighted by Crippen LogP contribution is 2.01. The fourth-order valence-corrected chi connectivity index (χ4v) is 1.52. The molecule has 4 nitrogen and oxygen atoms in total. The van der Waals surface area contributed by atoms with Crippen LogP contribution in [-0.2, 0) is 6.42 Å². The Morgan fingerprint density at radius 1 is 1.35 bits per heavy atom. The molecule has 0 saturated carbocycles. The molecule has 0 aliphatic carbocycles. The summed E-state index contributed by atoms with van der Waals surface area (Å²) in [6, 6.07) is 9.14. The van der Waals surface area contributed by atoms with Crippen LogP contribution in [-0.4, -0.2) is 17.4 Å². The number of oxazole rings is 1. The zero-order valence-corrected chi connectivity index (χ0v) is 9.64. The molecule has 2 aromatic rings. The molecule has 0 atom stereocenters. The Morgan fingerprint density at radius 2 is 2.12 bits per heavy atom. The third kappa shape index (κ3) is 3.17. The summed E-state index contributed by atoms with van der Waals surface area (Å²) in [4.78, 5) is 15.8. The zero-order valence-electron chi connectivity index (χ0n) is 9.64. The first-order chi connectivity index (χ1) is 8.25. The normalized spacial score (nSPS) is 10.2. The lowest BCUT2D eigenvalue weighted by atomic mass is 10.2. The fourth-order valence-electron chi connectivity index (χ4n) is 1.52. The summed E-state index contributed by atoms with van der Waals surface area (Å²) >= 11 is 0. The maximum atomic E-state index is 11.7. The van der Waals surface area contributed by atoms with Crippen LogP contribution in [0.15, 0.2) is 41.0 Å². The van der Waals surface area contributed by atoms with E-state index < -0.39 is 0 Å². The van der Waals surface area contributed by atoms with E-state index in [0.29, 0.717) is 24.4 Å². The van der Waals surface area contributed by atoms with Crippen LogP contribution < -0.4 is 5.32 Å². The number of benzene rings is 1. The van der Waals surface area contributed by atoms with E-state index in [4.69, 9.17) is 4.42 Å². The predicted octanol–water partition coefficient (Wildman–Crippen LogP) is 1.96. The molecule has 0 radical (unpaired) electrons. The average Bonchev–Trinajstić information content (AvgIpc) is 2.76. The summed E-state index contributed by atoms with van der Waals surface area (Å²) in [5, 5.41) is 2.84. The van der Waals surface area contributed by atoms with E-state index in [1.807, 2.05) is 18.2 Å². The van der Waals surface area contributed by atoms with Crippen molar-refractivity contribution in [3.8, 4) is 0 Å². The standard InChI is InChI=1S/C13H14N2O2/c1-10-15-12(9-17-10)7-8-14-13(16)11-5-3-2-4-6-11/h2-6,9H,7-8H2,1H3,(H,14,16). The van der Waals surface area contributed by atoms with Gasteiger partial charge in [-0.15, -0.1) is 0 Å². The number of amides is 1. The molecule has 0 bridgehead atoms. The Labute approximate surface area is 99.7 Å². The molecule has 0 unspecified atom stereocenters. The van der Waals surface area contributed by atoms with E-state index in [2.05, 4.69) is 10.3 Å². The summed E-state index contributed by atoms with van der Waals surface area (Å²) in [6.45, 7) is 2.35. The number of rotatable bonds is 4. The van der Waals surface area contributed by atoms with Gasteiger partial charge in [0, 0.05) is 25.5 Å². The van der Waals surface area contributed by atoms with Gasteiger partial charge in [-0.3, -0.25) is 4.79 Å². The van der Waals surface area contributed by atoms with Crippen LogP contribution in [0.5, 0.6) is 0 Å². The van der Waals surface area contributed by atoms with Gasteiger partial charge in [-0.1, -0.05) is 18.2 Å². The lowest BCUT2D eigenvalue weighted by molar-refractivity contribution is 0.0954. The minimum Gasteiger partial charge on any atom is -0.449 e. The van der Waals surface area contributed by atoms with Crippen LogP contribution in [0.2, 0.25) is 0 Å². The molecule has 0 aliphatic rings. The number of nitrogens with one attached hydrogen (secondary N) is 1. The first-order valence-corrected chi connectivity index (χ1v) is 5.50. The lowest BCUT2D eigenvalue weighted by Crippen LogP contribution is -2.25. The molecule has 0 spiro atoms. The molecule has 0 fully saturated rings. The molecular formula is C13H14N2O2. The second-order valence-corrected chi connectivity index (χ2v) is 3.73. The number of aromatic nitrogens is 1. The van der Waals surface area contributed by atoms with Crippen LogP contribution in [0.1, 0.15) is 21.9 Å². The van der Waals surface area contributed by atoms with Crippen molar-refractivity contribution in [1.82, 2.24) is 10.3 Å². The first-order valence-electron chi connectivity index (χ1n) is 5.50. The van der Waals surface area contributed by atoms with Gasteiger partial charge in [-0.05, 0) is 12.1 Å². The topological polar surface area (TPSA) is 55.1 Å².